The molecule has 23 heavy (non-hydrogen) atoms. The molecular weight excluding hydrogens is 292 g/mol. The molecule has 1 N–H and O–H groups in total. The Morgan fingerprint density at radius 2 is 1.96 bits per heavy atom. The molecule has 0 aliphatic carbocycles. The molecule has 5 nitrogen and oxygen atoms in total. The van der Waals surface area contributed by atoms with E-state index in [1.165, 1.54) is 5.56 Å². The fourth-order valence-electron chi connectivity index (χ4n) is 2.67. The van der Waals surface area contributed by atoms with E-state index in [0.29, 0.717) is 6.42 Å². The van der Waals surface area contributed by atoms with Crippen LogP contribution in [0.2, 0.25) is 0 Å². The van der Waals surface area contributed by atoms with E-state index in [9.17, 15) is 9.59 Å². The fourth-order valence-corrected chi connectivity index (χ4v) is 2.67. The molecule has 0 aliphatic rings. The van der Waals surface area contributed by atoms with Crippen LogP contribution in [0.3, 0.4) is 0 Å². The van der Waals surface area contributed by atoms with E-state index >= 15 is 0 Å². The number of carbonyl (C=O) groups excluding carboxylic acids is 1. The van der Waals surface area contributed by atoms with Crippen molar-refractivity contribution in [1.29, 1.82) is 0 Å². The van der Waals surface area contributed by atoms with Gasteiger partial charge in [0.05, 0.1) is 5.52 Å². The number of carboxylic acid groups (broad SMARTS) is 1. The van der Waals surface area contributed by atoms with Crippen molar-refractivity contribution in [3.8, 4) is 0 Å². The predicted octanol–water partition coefficient (Wildman–Crippen LogP) is 2.95. The number of carboxylic acids is 1. The van der Waals surface area contributed by atoms with Gasteiger partial charge >= 0.3 is 5.97 Å². The van der Waals surface area contributed by atoms with Gasteiger partial charge in [0.2, 0.25) is 5.91 Å². The summed E-state index contributed by atoms with van der Waals surface area (Å²) in [5, 5.41) is 9.81. The van der Waals surface area contributed by atoms with Crippen LogP contribution in [-0.4, -0.2) is 47.1 Å². The summed E-state index contributed by atoms with van der Waals surface area (Å²) in [5.74, 6) is -0.909. The summed E-state index contributed by atoms with van der Waals surface area (Å²) in [4.78, 5) is 25.2. The molecule has 0 unspecified atom stereocenters. The predicted molar refractivity (Wildman–Crippen MR) is 91.0 cm³/mol. The summed E-state index contributed by atoms with van der Waals surface area (Å²) in [6, 6.07) is 6.08. The number of hydrogen-bond acceptors (Lipinski definition) is 3. The molecule has 0 fully saturated rings. The third kappa shape index (κ3) is 4.42. The molecule has 5 heteroatoms. The first-order valence-corrected chi connectivity index (χ1v) is 7.89. The third-order valence-corrected chi connectivity index (χ3v) is 3.92. The van der Waals surface area contributed by atoms with Gasteiger partial charge in [0.25, 0.3) is 0 Å². The Balaban J connectivity index is 2.28. The molecule has 2 rings (SSSR count). The number of aromatic nitrogens is 1. The minimum atomic E-state index is -0.863. The van der Waals surface area contributed by atoms with Crippen LogP contribution < -0.4 is 0 Å². The van der Waals surface area contributed by atoms with Crippen LogP contribution in [0.25, 0.3) is 10.9 Å². The second-order valence-corrected chi connectivity index (χ2v) is 6.24. The van der Waals surface area contributed by atoms with Gasteiger partial charge in [-0.1, -0.05) is 11.6 Å². The molecule has 0 saturated carbocycles. The van der Waals surface area contributed by atoms with Crippen molar-refractivity contribution in [1.82, 2.24) is 9.47 Å². The maximum absolute atomic E-state index is 12.4. The summed E-state index contributed by atoms with van der Waals surface area (Å²) in [6.45, 7) is 2.96. The van der Waals surface area contributed by atoms with Gasteiger partial charge in [-0.05, 0) is 51.6 Å². The highest BCUT2D eigenvalue weighted by atomic mass is 16.4. The Morgan fingerprint density at radius 1 is 1.22 bits per heavy atom. The summed E-state index contributed by atoms with van der Waals surface area (Å²) >= 11 is 0. The average molecular weight is 316 g/mol. The number of nitrogens with zero attached hydrogens (tertiary/aromatic N) is 2. The number of carbonyl (C=O) groups is 2. The quantitative estimate of drug-likeness (QED) is 0.853. The lowest BCUT2D eigenvalue weighted by Gasteiger charge is -2.08. The summed E-state index contributed by atoms with van der Waals surface area (Å²) in [7, 11) is 4.06. The molecule has 0 atom stereocenters. The number of aryl methyl sites for hydroxylation is 1. The zero-order chi connectivity index (χ0) is 17.0. The van der Waals surface area contributed by atoms with E-state index < -0.39 is 5.97 Å². The van der Waals surface area contributed by atoms with Crippen LogP contribution >= 0.6 is 0 Å². The standard InChI is InChI=1S/C18H24N2O3/c1-13-7-8-16-15(11-13)14(9-10-19(2)3)12-20(16)17(21)5-4-6-18(22)23/h7-8,11-12H,4-6,9-10H2,1-3H3,(H,22,23). The van der Waals surface area contributed by atoms with E-state index in [0.717, 1.165) is 29.4 Å². The monoisotopic (exact) mass is 316 g/mol. The Morgan fingerprint density at radius 3 is 2.61 bits per heavy atom. The van der Waals surface area contributed by atoms with Crippen molar-refractivity contribution in [3.63, 3.8) is 0 Å². The minimum Gasteiger partial charge on any atom is -0.481 e. The molecule has 0 radical (unpaired) electrons. The van der Waals surface area contributed by atoms with Crippen molar-refractivity contribution >= 4 is 22.8 Å². The summed E-state index contributed by atoms with van der Waals surface area (Å²) in [6.07, 6.45) is 3.43. The third-order valence-electron chi connectivity index (χ3n) is 3.92. The van der Waals surface area contributed by atoms with Crippen LogP contribution in [0.4, 0.5) is 0 Å². The van der Waals surface area contributed by atoms with Crippen LogP contribution in [0.5, 0.6) is 0 Å². The van der Waals surface area contributed by atoms with Gasteiger partial charge in [0, 0.05) is 31.0 Å². The topological polar surface area (TPSA) is 62.5 Å². The van der Waals surface area contributed by atoms with Crippen molar-refractivity contribution < 1.29 is 14.7 Å². The van der Waals surface area contributed by atoms with E-state index in [-0.39, 0.29) is 18.7 Å². The first kappa shape index (κ1) is 17.2. The molecule has 1 heterocycles. The largest absolute Gasteiger partial charge is 0.481 e. The van der Waals surface area contributed by atoms with Gasteiger partial charge in [0.1, 0.15) is 0 Å². The zero-order valence-electron chi connectivity index (χ0n) is 14.0. The van der Waals surface area contributed by atoms with Gasteiger partial charge in [-0.3, -0.25) is 14.2 Å². The van der Waals surface area contributed by atoms with Crippen molar-refractivity contribution in [3.05, 3.63) is 35.5 Å². The molecule has 1 aromatic carbocycles. The Labute approximate surface area is 136 Å². The number of likely N-dealkylation sites (N-methyl/N-ethyl adjacent to an activating group) is 1. The SMILES string of the molecule is Cc1ccc2c(c1)c(CCN(C)C)cn2C(=O)CCCC(=O)O. The number of benzene rings is 1. The van der Waals surface area contributed by atoms with Crippen LogP contribution in [0.15, 0.2) is 24.4 Å². The molecule has 124 valence electrons. The summed E-state index contributed by atoms with van der Waals surface area (Å²) < 4.78 is 1.68. The highest BCUT2D eigenvalue weighted by Gasteiger charge is 2.14. The number of hydrogen-bond donors (Lipinski definition) is 1. The van der Waals surface area contributed by atoms with E-state index in [2.05, 4.69) is 11.0 Å². The van der Waals surface area contributed by atoms with Gasteiger partial charge in [-0.25, -0.2) is 0 Å². The smallest absolute Gasteiger partial charge is 0.303 e. The summed E-state index contributed by atoms with van der Waals surface area (Å²) in [5.41, 5.74) is 3.23. The van der Waals surface area contributed by atoms with E-state index in [1.807, 2.05) is 39.3 Å². The number of aliphatic carboxylic acids is 1. The maximum Gasteiger partial charge on any atom is 0.303 e. The Bertz CT molecular complexity index is 716. The lowest BCUT2D eigenvalue weighted by molar-refractivity contribution is -0.137. The minimum absolute atomic E-state index is 0.0253. The molecule has 0 aliphatic heterocycles. The normalized spacial score (nSPS) is 11.3. The van der Waals surface area contributed by atoms with Crippen LogP contribution in [0, 0.1) is 6.92 Å². The second kappa shape index (κ2) is 7.42. The number of fused-ring (bicyclic) bond motifs is 1. The maximum atomic E-state index is 12.4. The molecule has 0 spiro atoms. The van der Waals surface area contributed by atoms with Crippen molar-refractivity contribution in [2.75, 3.05) is 20.6 Å². The Kier molecular flexibility index (Phi) is 5.55. The lowest BCUT2D eigenvalue weighted by Crippen LogP contribution is -2.15. The lowest BCUT2D eigenvalue weighted by atomic mass is 10.1. The molecule has 0 amide bonds. The highest BCUT2D eigenvalue weighted by Crippen LogP contribution is 2.24. The van der Waals surface area contributed by atoms with Gasteiger partial charge in [-0.2, -0.15) is 0 Å². The molecular formula is C18H24N2O3. The molecule has 2 aromatic rings. The zero-order valence-corrected chi connectivity index (χ0v) is 14.0. The van der Waals surface area contributed by atoms with Gasteiger partial charge < -0.3 is 10.0 Å². The van der Waals surface area contributed by atoms with Crippen molar-refractivity contribution in [2.24, 2.45) is 0 Å². The van der Waals surface area contributed by atoms with Crippen molar-refractivity contribution in [2.45, 2.75) is 32.6 Å². The van der Waals surface area contributed by atoms with Crippen LogP contribution in [0.1, 0.15) is 35.2 Å². The van der Waals surface area contributed by atoms with E-state index in [1.54, 1.807) is 4.57 Å². The Hall–Kier alpha value is -2.14. The fraction of sp³-hybridized carbons (Fsp3) is 0.444. The average Bonchev–Trinajstić information content (AvgIpc) is 2.82. The van der Waals surface area contributed by atoms with E-state index in [4.69, 9.17) is 5.11 Å². The van der Waals surface area contributed by atoms with Gasteiger partial charge in [-0.15, -0.1) is 0 Å². The molecule has 0 saturated heterocycles. The first-order chi connectivity index (χ1) is 10.9. The van der Waals surface area contributed by atoms with Crippen LogP contribution in [-0.2, 0) is 11.2 Å². The number of rotatable bonds is 7. The highest BCUT2D eigenvalue weighted by molar-refractivity contribution is 5.95. The first-order valence-electron chi connectivity index (χ1n) is 7.89. The van der Waals surface area contributed by atoms with Gasteiger partial charge in [0.15, 0.2) is 0 Å². The molecule has 1 aromatic heterocycles. The molecule has 0 bridgehead atoms. The second-order valence-electron chi connectivity index (χ2n) is 6.24.